The number of rotatable bonds is 4. The molecule has 32 heavy (non-hydrogen) atoms. The van der Waals surface area contributed by atoms with Gasteiger partial charge in [0.1, 0.15) is 5.56 Å². The molecular formula is C23H19F3N4O2. The van der Waals surface area contributed by atoms with Gasteiger partial charge in [-0.15, -0.1) is 0 Å². The molecule has 0 aliphatic carbocycles. The zero-order valence-electron chi connectivity index (χ0n) is 16.9. The Hall–Kier alpha value is -3.46. The smallest absolute Gasteiger partial charge is 0.376 e. The number of fused-ring (bicyclic) bond motifs is 2. The summed E-state index contributed by atoms with van der Waals surface area (Å²) in [6.45, 7) is 0.924. The molecule has 1 aliphatic heterocycles. The van der Waals surface area contributed by atoms with Crippen LogP contribution in [0.1, 0.15) is 28.9 Å². The Morgan fingerprint density at radius 2 is 2.00 bits per heavy atom. The van der Waals surface area contributed by atoms with Gasteiger partial charge in [-0.25, -0.2) is 9.50 Å². The molecule has 3 heterocycles. The van der Waals surface area contributed by atoms with E-state index in [2.05, 4.69) is 15.4 Å². The van der Waals surface area contributed by atoms with Gasteiger partial charge in [-0.05, 0) is 29.7 Å². The number of amides is 1. The Labute approximate surface area is 181 Å². The van der Waals surface area contributed by atoms with Crippen molar-refractivity contribution in [2.24, 2.45) is 0 Å². The second kappa shape index (κ2) is 7.90. The first-order valence-corrected chi connectivity index (χ1v) is 10.3. The number of hydrogen-bond donors (Lipinski definition) is 1. The van der Waals surface area contributed by atoms with E-state index in [1.54, 1.807) is 12.1 Å². The van der Waals surface area contributed by atoms with Gasteiger partial charge in [-0.2, -0.15) is 18.3 Å². The van der Waals surface area contributed by atoms with E-state index in [1.165, 1.54) is 0 Å². The van der Waals surface area contributed by atoms with Gasteiger partial charge in [0, 0.05) is 18.7 Å². The van der Waals surface area contributed by atoms with Gasteiger partial charge >= 0.3 is 6.18 Å². The number of halogens is 3. The molecule has 1 aliphatic rings. The van der Waals surface area contributed by atoms with Crippen molar-refractivity contribution < 1.29 is 22.7 Å². The molecule has 5 rings (SSSR count). The van der Waals surface area contributed by atoms with E-state index in [-0.39, 0.29) is 29.6 Å². The van der Waals surface area contributed by atoms with Crippen LogP contribution < -0.4 is 5.32 Å². The standard InChI is InChI=1S/C23H19F3N4O2/c24-23(25,26)20-11-19(17-9-3-6-14-5-1-2-8-16(14)17)29-21-18(13-28-30(20)21)22(31)27-12-15-7-4-10-32-15/h1-3,5-6,8-9,11,13,15H,4,7,10,12H2,(H,27,31). The SMILES string of the molecule is O=C(NCC1CCCO1)c1cnn2c(C(F)(F)F)cc(-c3cccc4ccccc34)nc12. The summed E-state index contributed by atoms with van der Waals surface area (Å²) in [6, 6.07) is 13.7. The minimum Gasteiger partial charge on any atom is -0.376 e. The van der Waals surface area contributed by atoms with Crippen molar-refractivity contribution in [3.63, 3.8) is 0 Å². The zero-order valence-corrected chi connectivity index (χ0v) is 16.9. The first-order valence-electron chi connectivity index (χ1n) is 10.3. The Bertz CT molecular complexity index is 1300. The molecule has 0 saturated carbocycles. The molecule has 1 unspecified atom stereocenters. The molecule has 0 spiro atoms. The van der Waals surface area contributed by atoms with Gasteiger partial charge in [0.25, 0.3) is 5.91 Å². The molecule has 164 valence electrons. The number of hydrogen-bond acceptors (Lipinski definition) is 4. The molecule has 2 aromatic carbocycles. The van der Waals surface area contributed by atoms with E-state index in [1.807, 2.05) is 30.3 Å². The maximum Gasteiger partial charge on any atom is 0.433 e. The molecular weight excluding hydrogens is 421 g/mol. The summed E-state index contributed by atoms with van der Waals surface area (Å²) < 4.78 is 47.8. The van der Waals surface area contributed by atoms with E-state index >= 15 is 0 Å². The van der Waals surface area contributed by atoms with Crippen LogP contribution in [0.4, 0.5) is 13.2 Å². The maximum atomic E-state index is 13.9. The molecule has 1 amide bonds. The predicted molar refractivity (Wildman–Crippen MR) is 112 cm³/mol. The lowest BCUT2D eigenvalue weighted by Gasteiger charge is -2.13. The Kier molecular flexibility index (Phi) is 5.05. The van der Waals surface area contributed by atoms with Crippen LogP contribution in [0.25, 0.3) is 27.7 Å². The average Bonchev–Trinajstić information content (AvgIpc) is 3.45. The largest absolute Gasteiger partial charge is 0.433 e. The summed E-state index contributed by atoms with van der Waals surface area (Å²) in [5, 5.41) is 8.20. The van der Waals surface area contributed by atoms with E-state index < -0.39 is 17.8 Å². The van der Waals surface area contributed by atoms with Crippen LogP contribution in [-0.4, -0.2) is 39.8 Å². The first kappa shape index (κ1) is 20.4. The van der Waals surface area contributed by atoms with Crippen LogP contribution in [-0.2, 0) is 10.9 Å². The number of ether oxygens (including phenoxy) is 1. The molecule has 4 aromatic rings. The third-order valence-electron chi connectivity index (χ3n) is 5.59. The van der Waals surface area contributed by atoms with Crippen molar-refractivity contribution >= 4 is 22.3 Å². The van der Waals surface area contributed by atoms with Crippen LogP contribution in [0.5, 0.6) is 0 Å². The van der Waals surface area contributed by atoms with Gasteiger partial charge in [0.15, 0.2) is 11.3 Å². The zero-order chi connectivity index (χ0) is 22.3. The van der Waals surface area contributed by atoms with Crippen molar-refractivity contribution in [3.8, 4) is 11.3 Å². The fraction of sp³-hybridized carbons (Fsp3) is 0.261. The monoisotopic (exact) mass is 440 g/mol. The van der Waals surface area contributed by atoms with Crippen LogP contribution >= 0.6 is 0 Å². The fourth-order valence-electron chi connectivity index (χ4n) is 4.02. The number of carbonyl (C=O) groups is 1. The molecule has 1 N–H and O–H groups in total. The molecule has 1 saturated heterocycles. The highest BCUT2D eigenvalue weighted by molar-refractivity contribution is 6.00. The van der Waals surface area contributed by atoms with E-state index in [0.717, 1.165) is 35.9 Å². The van der Waals surface area contributed by atoms with E-state index in [4.69, 9.17) is 4.74 Å². The van der Waals surface area contributed by atoms with Crippen molar-refractivity contribution in [1.82, 2.24) is 19.9 Å². The van der Waals surface area contributed by atoms with Crippen LogP contribution in [0.15, 0.2) is 54.7 Å². The maximum absolute atomic E-state index is 13.9. The Morgan fingerprint density at radius 1 is 1.19 bits per heavy atom. The van der Waals surface area contributed by atoms with Gasteiger partial charge in [-0.1, -0.05) is 42.5 Å². The normalized spacial score (nSPS) is 16.7. The highest BCUT2D eigenvalue weighted by atomic mass is 19.4. The summed E-state index contributed by atoms with van der Waals surface area (Å²) in [6.07, 6.45) is -1.91. The lowest BCUT2D eigenvalue weighted by molar-refractivity contribution is -0.142. The van der Waals surface area contributed by atoms with Crippen molar-refractivity contribution in [2.75, 3.05) is 13.2 Å². The van der Waals surface area contributed by atoms with Crippen LogP contribution in [0.2, 0.25) is 0 Å². The van der Waals surface area contributed by atoms with Gasteiger partial charge in [0.2, 0.25) is 0 Å². The summed E-state index contributed by atoms with van der Waals surface area (Å²) in [4.78, 5) is 17.2. The summed E-state index contributed by atoms with van der Waals surface area (Å²) in [5.74, 6) is -0.536. The fourth-order valence-corrected chi connectivity index (χ4v) is 4.02. The van der Waals surface area contributed by atoms with E-state index in [0.29, 0.717) is 16.7 Å². The summed E-state index contributed by atoms with van der Waals surface area (Å²) >= 11 is 0. The van der Waals surface area contributed by atoms with Crippen LogP contribution in [0.3, 0.4) is 0 Å². The number of nitrogens with zero attached hydrogens (tertiary/aromatic N) is 3. The highest BCUT2D eigenvalue weighted by Crippen LogP contribution is 2.34. The number of aromatic nitrogens is 3. The third kappa shape index (κ3) is 3.69. The number of alkyl halides is 3. The predicted octanol–water partition coefficient (Wildman–Crippen LogP) is 4.48. The number of benzene rings is 2. The molecule has 2 aromatic heterocycles. The third-order valence-corrected chi connectivity index (χ3v) is 5.59. The molecule has 1 atom stereocenters. The van der Waals surface area contributed by atoms with Crippen molar-refractivity contribution in [3.05, 3.63) is 66.0 Å². The average molecular weight is 440 g/mol. The number of nitrogens with one attached hydrogen (secondary N) is 1. The summed E-state index contributed by atoms with van der Waals surface area (Å²) in [7, 11) is 0. The summed E-state index contributed by atoms with van der Waals surface area (Å²) in [5.41, 5.74) is -0.495. The first-order chi connectivity index (χ1) is 15.4. The van der Waals surface area contributed by atoms with Gasteiger partial charge < -0.3 is 10.1 Å². The van der Waals surface area contributed by atoms with Crippen molar-refractivity contribution in [2.45, 2.75) is 25.1 Å². The minimum atomic E-state index is -4.68. The van der Waals surface area contributed by atoms with Gasteiger partial charge in [-0.3, -0.25) is 4.79 Å². The number of carbonyl (C=O) groups excluding carboxylic acids is 1. The molecule has 1 fully saturated rings. The quantitative estimate of drug-likeness (QED) is 0.508. The highest BCUT2D eigenvalue weighted by Gasteiger charge is 2.36. The topological polar surface area (TPSA) is 68.5 Å². The molecule has 0 radical (unpaired) electrons. The molecule has 6 nitrogen and oxygen atoms in total. The van der Waals surface area contributed by atoms with Crippen molar-refractivity contribution in [1.29, 1.82) is 0 Å². The van der Waals surface area contributed by atoms with E-state index in [9.17, 15) is 18.0 Å². The lowest BCUT2D eigenvalue weighted by atomic mass is 10.0. The van der Waals surface area contributed by atoms with Gasteiger partial charge in [0.05, 0.1) is 18.0 Å². The second-order valence-corrected chi connectivity index (χ2v) is 7.69. The Morgan fingerprint density at radius 3 is 2.78 bits per heavy atom. The Balaban J connectivity index is 1.63. The molecule has 9 heteroatoms. The molecule has 0 bridgehead atoms. The second-order valence-electron chi connectivity index (χ2n) is 7.69. The lowest BCUT2D eigenvalue weighted by Crippen LogP contribution is -2.31. The van der Waals surface area contributed by atoms with Crippen LogP contribution in [0, 0.1) is 0 Å². The minimum absolute atomic E-state index is 0.0180.